The van der Waals surface area contributed by atoms with Crippen LogP contribution in [0.15, 0.2) is 53.0 Å². The van der Waals surface area contributed by atoms with Crippen LogP contribution in [-0.2, 0) is 6.54 Å². The van der Waals surface area contributed by atoms with Gasteiger partial charge in [-0.15, -0.1) is 11.3 Å². The van der Waals surface area contributed by atoms with Crippen LogP contribution < -0.4 is 5.32 Å². The van der Waals surface area contributed by atoms with E-state index < -0.39 is 0 Å². The third kappa shape index (κ3) is 3.54. The minimum absolute atomic E-state index is 0.732. The normalized spacial score (nSPS) is 15.6. The summed E-state index contributed by atoms with van der Waals surface area (Å²) in [5, 5.41) is 6.47. The molecule has 2 heterocycles. The molecule has 0 spiro atoms. The predicted molar refractivity (Wildman–Crippen MR) is 92.9 cm³/mol. The molecule has 0 aliphatic carbocycles. The van der Waals surface area contributed by atoms with Crippen molar-refractivity contribution < 1.29 is 0 Å². The minimum atomic E-state index is 0.732. The maximum Gasteiger partial charge on any atom is 0.194 e. The molecule has 0 atom stereocenters. The van der Waals surface area contributed by atoms with Crippen molar-refractivity contribution in [2.45, 2.75) is 13.0 Å². The van der Waals surface area contributed by atoms with Crippen LogP contribution in [0.5, 0.6) is 0 Å². The fourth-order valence-corrected chi connectivity index (χ4v) is 3.16. The summed E-state index contributed by atoms with van der Waals surface area (Å²) in [5.41, 5.74) is 2.75. The molecule has 0 unspecified atom stereocenters. The highest BCUT2D eigenvalue weighted by Crippen LogP contribution is 2.21. The van der Waals surface area contributed by atoms with Gasteiger partial charge in [-0.25, -0.2) is 4.98 Å². The summed E-state index contributed by atoms with van der Waals surface area (Å²) >= 11 is 1.66. The summed E-state index contributed by atoms with van der Waals surface area (Å²) in [6.45, 7) is 2.61. The lowest BCUT2D eigenvalue weighted by molar-refractivity contribution is 0.439. The molecule has 0 saturated heterocycles. The number of hydrogen-bond donors (Lipinski definition) is 1. The van der Waals surface area contributed by atoms with Crippen molar-refractivity contribution in [3.8, 4) is 0 Å². The lowest BCUT2D eigenvalue weighted by Gasteiger charge is -2.29. The lowest BCUT2D eigenvalue weighted by atomic mass is 10.00. The SMILES string of the molecule is CN=C(NCc1nccs1)N1CC=C(c2ccccc2)CC1. The minimum Gasteiger partial charge on any atom is -0.350 e. The molecule has 0 amide bonds. The van der Waals surface area contributed by atoms with Gasteiger partial charge in [-0.1, -0.05) is 36.4 Å². The Balaban J connectivity index is 1.60. The fraction of sp³-hybridized carbons (Fsp3) is 0.294. The van der Waals surface area contributed by atoms with E-state index in [1.165, 1.54) is 11.1 Å². The summed E-state index contributed by atoms with van der Waals surface area (Å²) in [5.74, 6) is 0.943. The topological polar surface area (TPSA) is 40.5 Å². The number of guanidine groups is 1. The van der Waals surface area contributed by atoms with E-state index in [2.05, 4.69) is 56.6 Å². The van der Waals surface area contributed by atoms with Crippen molar-refractivity contribution >= 4 is 22.9 Å². The maximum atomic E-state index is 4.39. The number of nitrogens with one attached hydrogen (secondary N) is 1. The lowest BCUT2D eigenvalue weighted by Crippen LogP contribution is -2.43. The maximum absolute atomic E-state index is 4.39. The third-order valence-corrected chi connectivity index (χ3v) is 4.53. The van der Waals surface area contributed by atoms with Crippen LogP contribution in [0.3, 0.4) is 0 Å². The zero-order valence-electron chi connectivity index (χ0n) is 12.7. The molecule has 1 N–H and O–H groups in total. The van der Waals surface area contributed by atoms with Gasteiger partial charge in [-0.05, 0) is 17.6 Å². The van der Waals surface area contributed by atoms with Gasteiger partial charge in [0.1, 0.15) is 5.01 Å². The van der Waals surface area contributed by atoms with E-state index in [1.807, 2.05) is 18.6 Å². The molecule has 3 rings (SSSR count). The molecule has 5 heteroatoms. The van der Waals surface area contributed by atoms with Crippen LogP contribution in [0.25, 0.3) is 5.57 Å². The van der Waals surface area contributed by atoms with Crippen molar-refractivity contribution in [3.05, 3.63) is 58.6 Å². The molecule has 1 aliphatic heterocycles. The highest BCUT2D eigenvalue weighted by Gasteiger charge is 2.16. The van der Waals surface area contributed by atoms with Crippen LogP contribution in [-0.4, -0.2) is 36.0 Å². The molecular formula is C17H20N4S. The largest absolute Gasteiger partial charge is 0.350 e. The van der Waals surface area contributed by atoms with Crippen LogP contribution in [0.1, 0.15) is 17.0 Å². The molecule has 0 radical (unpaired) electrons. The molecule has 0 fully saturated rings. The smallest absolute Gasteiger partial charge is 0.194 e. The van der Waals surface area contributed by atoms with Gasteiger partial charge >= 0.3 is 0 Å². The number of thiazole rings is 1. The van der Waals surface area contributed by atoms with Crippen molar-refractivity contribution in [3.63, 3.8) is 0 Å². The van der Waals surface area contributed by atoms with Gasteiger partial charge in [-0.2, -0.15) is 0 Å². The Morgan fingerprint density at radius 1 is 1.36 bits per heavy atom. The summed E-state index contributed by atoms with van der Waals surface area (Å²) in [7, 11) is 1.83. The Labute approximate surface area is 135 Å². The van der Waals surface area contributed by atoms with Crippen LogP contribution in [0.2, 0.25) is 0 Å². The molecule has 0 saturated carbocycles. The molecule has 1 aliphatic rings. The van der Waals surface area contributed by atoms with E-state index in [-0.39, 0.29) is 0 Å². The van der Waals surface area contributed by atoms with Gasteiger partial charge in [0, 0.05) is 31.7 Å². The van der Waals surface area contributed by atoms with Gasteiger partial charge in [0.05, 0.1) is 6.54 Å². The molecule has 1 aromatic heterocycles. The number of aromatic nitrogens is 1. The monoisotopic (exact) mass is 312 g/mol. The van der Waals surface area contributed by atoms with Crippen LogP contribution >= 0.6 is 11.3 Å². The average Bonchev–Trinajstić information content (AvgIpc) is 3.10. The Bertz CT molecular complexity index is 647. The summed E-state index contributed by atoms with van der Waals surface area (Å²) < 4.78 is 0. The summed E-state index contributed by atoms with van der Waals surface area (Å²) in [6, 6.07) is 10.6. The zero-order chi connectivity index (χ0) is 15.2. The van der Waals surface area contributed by atoms with Crippen molar-refractivity contribution in [2.24, 2.45) is 4.99 Å². The number of aliphatic imine (C=N–C) groups is 1. The first-order valence-corrected chi connectivity index (χ1v) is 8.33. The Morgan fingerprint density at radius 3 is 2.86 bits per heavy atom. The van der Waals surface area contributed by atoms with Crippen molar-refractivity contribution in [2.75, 3.05) is 20.1 Å². The highest BCUT2D eigenvalue weighted by atomic mass is 32.1. The Kier molecular flexibility index (Phi) is 4.85. The molecule has 2 aromatic rings. The van der Waals surface area contributed by atoms with Gasteiger partial charge in [0.2, 0.25) is 0 Å². The molecule has 4 nitrogen and oxygen atoms in total. The number of benzene rings is 1. The summed E-state index contributed by atoms with van der Waals surface area (Å²) in [4.78, 5) is 11.0. The molecule has 1 aromatic carbocycles. The van der Waals surface area contributed by atoms with Crippen molar-refractivity contribution in [1.82, 2.24) is 15.2 Å². The Morgan fingerprint density at radius 2 is 2.23 bits per heavy atom. The number of hydrogen-bond acceptors (Lipinski definition) is 3. The fourth-order valence-electron chi connectivity index (χ4n) is 2.60. The van der Waals surface area contributed by atoms with E-state index in [1.54, 1.807) is 11.3 Å². The number of nitrogens with zero attached hydrogens (tertiary/aromatic N) is 3. The second-order valence-electron chi connectivity index (χ2n) is 5.12. The van der Waals surface area contributed by atoms with E-state index in [0.29, 0.717) is 0 Å². The molecule has 114 valence electrons. The second-order valence-corrected chi connectivity index (χ2v) is 6.10. The zero-order valence-corrected chi connectivity index (χ0v) is 13.5. The Hall–Kier alpha value is -2.14. The molecular weight excluding hydrogens is 292 g/mol. The van der Waals surface area contributed by atoms with Crippen LogP contribution in [0.4, 0.5) is 0 Å². The highest BCUT2D eigenvalue weighted by molar-refractivity contribution is 7.09. The van der Waals surface area contributed by atoms with Crippen LogP contribution in [0, 0.1) is 0 Å². The second kappa shape index (κ2) is 7.22. The predicted octanol–water partition coefficient (Wildman–Crippen LogP) is 3.01. The standard InChI is InChI=1S/C17H20N4S/c1-18-17(20-13-16-19-9-12-22-16)21-10-7-15(8-11-21)14-5-3-2-4-6-14/h2-7,9,12H,8,10-11,13H2,1H3,(H,18,20). The van der Waals surface area contributed by atoms with E-state index in [0.717, 1.165) is 37.0 Å². The first-order valence-electron chi connectivity index (χ1n) is 7.45. The first kappa shape index (κ1) is 14.8. The quantitative estimate of drug-likeness (QED) is 0.699. The first-order chi connectivity index (χ1) is 10.9. The van der Waals surface area contributed by atoms with E-state index in [9.17, 15) is 0 Å². The van der Waals surface area contributed by atoms with Gasteiger partial charge in [0.25, 0.3) is 0 Å². The van der Waals surface area contributed by atoms with Gasteiger partial charge < -0.3 is 10.2 Å². The molecule has 22 heavy (non-hydrogen) atoms. The van der Waals surface area contributed by atoms with Gasteiger partial charge in [-0.3, -0.25) is 4.99 Å². The average molecular weight is 312 g/mol. The molecule has 0 bridgehead atoms. The summed E-state index contributed by atoms with van der Waals surface area (Å²) in [6.07, 6.45) is 5.18. The van der Waals surface area contributed by atoms with Crippen molar-refractivity contribution in [1.29, 1.82) is 0 Å². The number of rotatable bonds is 3. The van der Waals surface area contributed by atoms with E-state index in [4.69, 9.17) is 0 Å². The van der Waals surface area contributed by atoms with E-state index >= 15 is 0 Å². The van der Waals surface area contributed by atoms with Gasteiger partial charge in [0.15, 0.2) is 5.96 Å². The third-order valence-electron chi connectivity index (χ3n) is 3.75.